The predicted octanol–water partition coefficient (Wildman–Crippen LogP) is 0.651. The fraction of sp³-hybridized carbons (Fsp3) is 0.385. The predicted molar refractivity (Wildman–Crippen MR) is 71.1 cm³/mol. The Kier molecular flexibility index (Phi) is 5.32. The number of rotatable bonds is 5. The van der Waals surface area contributed by atoms with Crippen LogP contribution in [0.2, 0.25) is 0 Å². The maximum absolute atomic E-state index is 11.7. The molecule has 18 heavy (non-hydrogen) atoms. The molecule has 5 heteroatoms. The minimum absolute atomic E-state index is 0.100. The van der Waals surface area contributed by atoms with Crippen molar-refractivity contribution in [2.75, 3.05) is 12.4 Å². The second-order valence-corrected chi connectivity index (χ2v) is 4.01. The first-order valence-corrected chi connectivity index (χ1v) is 5.93. The smallest absolute Gasteiger partial charge is 0.241 e. The minimum atomic E-state index is -0.530. The molecule has 2 amide bonds. The van der Waals surface area contributed by atoms with Gasteiger partial charge in [-0.3, -0.25) is 9.59 Å². The van der Waals surface area contributed by atoms with E-state index in [0.717, 1.165) is 5.56 Å². The van der Waals surface area contributed by atoms with Crippen molar-refractivity contribution < 1.29 is 9.59 Å². The molecule has 0 bridgehead atoms. The largest absolute Gasteiger partial charge is 0.359 e. The highest BCUT2D eigenvalue weighted by Crippen LogP contribution is 2.16. The van der Waals surface area contributed by atoms with E-state index < -0.39 is 6.04 Å². The fourth-order valence-corrected chi connectivity index (χ4v) is 1.47. The molecule has 1 atom stereocenters. The molecule has 1 aromatic carbocycles. The topological polar surface area (TPSA) is 84.2 Å². The van der Waals surface area contributed by atoms with E-state index in [1.165, 1.54) is 0 Å². The van der Waals surface area contributed by atoms with E-state index in [4.69, 9.17) is 5.73 Å². The monoisotopic (exact) mass is 249 g/mol. The molecule has 0 saturated heterocycles. The molecular weight excluding hydrogens is 230 g/mol. The van der Waals surface area contributed by atoms with Gasteiger partial charge in [0.2, 0.25) is 11.8 Å². The maximum atomic E-state index is 11.7. The number of benzene rings is 1. The summed E-state index contributed by atoms with van der Waals surface area (Å²) in [4.78, 5) is 23.1. The normalized spacial score (nSPS) is 11.7. The third-order valence-electron chi connectivity index (χ3n) is 2.68. The zero-order valence-electron chi connectivity index (χ0n) is 10.7. The van der Waals surface area contributed by atoms with Crippen molar-refractivity contribution in [1.29, 1.82) is 0 Å². The van der Waals surface area contributed by atoms with Gasteiger partial charge in [0.25, 0.3) is 0 Å². The van der Waals surface area contributed by atoms with Crippen LogP contribution in [0.5, 0.6) is 0 Å². The van der Waals surface area contributed by atoms with Crippen LogP contribution in [0.15, 0.2) is 24.3 Å². The van der Waals surface area contributed by atoms with Gasteiger partial charge in [0.1, 0.15) is 0 Å². The van der Waals surface area contributed by atoms with Gasteiger partial charge in [0.15, 0.2) is 0 Å². The standard InChI is InChI=1S/C13H19N3O2/c1-3-10(14)13(18)16-11-7-5-4-6-9(11)8-12(17)15-2/h4-7,10H,3,8,14H2,1-2H3,(H,15,17)(H,16,18)/t10-/m0/s1. The number of hydrogen-bond donors (Lipinski definition) is 3. The molecule has 0 unspecified atom stereocenters. The fourth-order valence-electron chi connectivity index (χ4n) is 1.47. The number of hydrogen-bond acceptors (Lipinski definition) is 3. The SMILES string of the molecule is CC[C@H](N)C(=O)Nc1ccccc1CC(=O)NC. The number of nitrogens with two attached hydrogens (primary N) is 1. The lowest BCUT2D eigenvalue weighted by atomic mass is 10.1. The van der Waals surface area contributed by atoms with Crippen molar-refractivity contribution in [3.05, 3.63) is 29.8 Å². The first kappa shape index (κ1) is 14.2. The summed E-state index contributed by atoms with van der Waals surface area (Å²) in [6.45, 7) is 1.85. The lowest BCUT2D eigenvalue weighted by Crippen LogP contribution is -2.35. The quantitative estimate of drug-likeness (QED) is 0.716. The van der Waals surface area contributed by atoms with Gasteiger partial charge in [-0.2, -0.15) is 0 Å². The summed E-state index contributed by atoms with van der Waals surface area (Å²) in [5, 5.41) is 5.30. The van der Waals surface area contributed by atoms with E-state index in [1.807, 2.05) is 19.1 Å². The lowest BCUT2D eigenvalue weighted by Gasteiger charge is -2.13. The van der Waals surface area contributed by atoms with Gasteiger partial charge in [-0.05, 0) is 18.1 Å². The van der Waals surface area contributed by atoms with Crippen LogP contribution in [0, 0.1) is 0 Å². The van der Waals surface area contributed by atoms with Crippen molar-refractivity contribution in [3.8, 4) is 0 Å². The van der Waals surface area contributed by atoms with Crippen molar-refractivity contribution >= 4 is 17.5 Å². The molecule has 0 saturated carbocycles. The van der Waals surface area contributed by atoms with E-state index in [2.05, 4.69) is 10.6 Å². The van der Waals surface area contributed by atoms with Crippen LogP contribution in [0.3, 0.4) is 0 Å². The molecule has 1 rings (SSSR count). The van der Waals surface area contributed by atoms with Gasteiger partial charge in [-0.15, -0.1) is 0 Å². The first-order chi connectivity index (χ1) is 8.58. The van der Waals surface area contributed by atoms with Gasteiger partial charge >= 0.3 is 0 Å². The van der Waals surface area contributed by atoms with Crippen LogP contribution in [0.25, 0.3) is 0 Å². The van der Waals surface area contributed by atoms with Gasteiger partial charge in [0.05, 0.1) is 12.5 Å². The third-order valence-corrected chi connectivity index (χ3v) is 2.68. The number of likely N-dealkylation sites (N-methyl/N-ethyl adjacent to an activating group) is 1. The van der Waals surface area contributed by atoms with Gasteiger partial charge in [0, 0.05) is 12.7 Å². The second kappa shape index (κ2) is 6.76. The summed E-state index contributed by atoms with van der Waals surface area (Å²) in [5.74, 6) is -0.335. The average molecular weight is 249 g/mol. The number of amides is 2. The van der Waals surface area contributed by atoms with Crippen molar-refractivity contribution in [2.24, 2.45) is 5.73 Å². The van der Waals surface area contributed by atoms with Crippen LogP contribution in [-0.4, -0.2) is 24.9 Å². The zero-order chi connectivity index (χ0) is 13.5. The molecule has 0 heterocycles. The highest BCUT2D eigenvalue weighted by molar-refractivity contribution is 5.96. The van der Waals surface area contributed by atoms with E-state index in [0.29, 0.717) is 12.1 Å². The summed E-state index contributed by atoms with van der Waals surface area (Å²) in [6, 6.07) is 6.67. The summed E-state index contributed by atoms with van der Waals surface area (Å²) < 4.78 is 0. The second-order valence-electron chi connectivity index (χ2n) is 4.01. The molecule has 0 aliphatic heterocycles. The maximum Gasteiger partial charge on any atom is 0.241 e. The molecule has 0 aliphatic rings. The van der Waals surface area contributed by atoms with Crippen LogP contribution in [0.1, 0.15) is 18.9 Å². The highest BCUT2D eigenvalue weighted by Gasteiger charge is 2.13. The van der Waals surface area contributed by atoms with Crippen molar-refractivity contribution in [2.45, 2.75) is 25.8 Å². The van der Waals surface area contributed by atoms with E-state index in [1.54, 1.807) is 19.2 Å². The molecule has 4 N–H and O–H groups in total. The van der Waals surface area contributed by atoms with Crippen molar-refractivity contribution in [1.82, 2.24) is 5.32 Å². The number of carbonyl (C=O) groups is 2. The van der Waals surface area contributed by atoms with Crippen molar-refractivity contribution in [3.63, 3.8) is 0 Å². The zero-order valence-corrected chi connectivity index (χ0v) is 10.7. The molecule has 0 aromatic heterocycles. The average Bonchev–Trinajstić information content (AvgIpc) is 2.39. The molecule has 0 fully saturated rings. The summed E-state index contributed by atoms with van der Waals surface area (Å²) >= 11 is 0. The Labute approximate surface area is 107 Å². The van der Waals surface area contributed by atoms with Crippen LogP contribution >= 0.6 is 0 Å². The lowest BCUT2D eigenvalue weighted by molar-refractivity contribution is -0.120. The van der Waals surface area contributed by atoms with Crippen LogP contribution in [-0.2, 0) is 16.0 Å². The summed E-state index contributed by atoms with van der Waals surface area (Å²) in [5.41, 5.74) is 7.06. The van der Waals surface area contributed by atoms with E-state index in [9.17, 15) is 9.59 Å². The molecule has 0 radical (unpaired) electrons. The Morgan fingerprint density at radius 2 is 2.00 bits per heavy atom. The molecule has 5 nitrogen and oxygen atoms in total. The molecule has 98 valence electrons. The van der Waals surface area contributed by atoms with Crippen LogP contribution < -0.4 is 16.4 Å². The summed E-state index contributed by atoms with van der Waals surface area (Å²) in [7, 11) is 1.58. The number of nitrogens with one attached hydrogen (secondary N) is 2. The Hall–Kier alpha value is -1.88. The third kappa shape index (κ3) is 3.85. The Morgan fingerprint density at radius 1 is 1.33 bits per heavy atom. The molecule has 0 aliphatic carbocycles. The Balaban J connectivity index is 2.82. The minimum Gasteiger partial charge on any atom is -0.359 e. The van der Waals surface area contributed by atoms with Crippen LogP contribution in [0.4, 0.5) is 5.69 Å². The van der Waals surface area contributed by atoms with E-state index in [-0.39, 0.29) is 18.2 Å². The number of carbonyl (C=O) groups excluding carboxylic acids is 2. The Morgan fingerprint density at radius 3 is 2.61 bits per heavy atom. The molecule has 1 aromatic rings. The summed E-state index contributed by atoms with van der Waals surface area (Å²) in [6.07, 6.45) is 0.803. The molecule has 0 spiro atoms. The highest BCUT2D eigenvalue weighted by atomic mass is 16.2. The number of para-hydroxylation sites is 1. The van der Waals surface area contributed by atoms with Gasteiger partial charge < -0.3 is 16.4 Å². The molecular formula is C13H19N3O2. The first-order valence-electron chi connectivity index (χ1n) is 5.93. The Bertz CT molecular complexity index is 432. The van der Waals surface area contributed by atoms with Gasteiger partial charge in [-0.25, -0.2) is 0 Å². The van der Waals surface area contributed by atoms with Gasteiger partial charge in [-0.1, -0.05) is 25.1 Å². The number of anilines is 1. The van der Waals surface area contributed by atoms with E-state index >= 15 is 0 Å².